The van der Waals surface area contributed by atoms with Gasteiger partial charge in [0.25, 0.3) is 11.8 Å². The standard InChI is InChI=1S/C21H22N4O2/c1-2-17-8-5-6-12-25(17)21(27)19-13-15(10-11-23-19)20(26)24-18-9-4-3-7-16(18)14-22/h3-4,7,9-11,13,17H,2,5-6,8,12H2,1H3,(H,24,26). The first-order valence-corrected chi connectivity index (χ1v) is 9.21. The molecule has 2 amide bonds. The van der Waals surface area contributed by atoms with Crippen molar-refractivity contribution in [3.8, 4) is 6.07 Å². The second kappa shape index (κ2) is 8.45. The number of hydrogen-bond acceptors (Lipinski definition) is 4. The van der Waals surface area contributed by atoms with E-state index in [9.17, 15) is 9.59 Å². The molecule has 1 fully saturated rings. The fourth-order valence-corrected chi connectivity index (χ4v) is 3.41. The molecule has 3 rings (SSSR count). The van der Waals surface area contributed by atoms with Gasteiger partial charge in [-0.25, -0.2) is 0 Å². The van der Waals surface area contributed by atoms with Crippen LogP contribution in [-0.4, -0.2) is 34.3 Å². The Labute approximate surface area is 158 Å². The number of nitrogens with one attached hydrogen (secondary N) is 1. The molecule has 1 aromatic carbocycles. The number of amides is 2. The minimum atomic E-state index is -0.375. The summed E-state index contributed by atoms with van der Waals surface area (Å²) < 4.78 is 0. The van der Waals surface area contributed by atoms with Crippen LogP contribution in [0, 0.1) is 11.3 Å². The zero-order valence-corrected chi connectivity index (χ0v) is 15.3. The highest BCUT2D eigenvalue weighted by atomic mass is 16.2. The number of benzene rings is 1. The largest absolute Gasteiger partial charge is 0.334 e. The van der Waals surface area contributed by atoms with Gasteiger partial charge >= 0.3 is 0 Å². The molecule has 6 heteroatoms. The van der Waals surface area contributed by atoms with E-state index in [0.717, 1.165) is 32.2 Å². The summed E-state index contributed by atoms with van der Waals surface area (Å²) in [5, 5.41) is 11.9. The van der Waals surface area contributed by atoms with E-state index in [0.29, 0.717) is 16.8 Å². The Morgan fingerprint density at radius 2 is 2.11 bits per heavy atom. The third-order valence-electron chi connectivity index (χ3n) is 4.90. The zero-order chi connectivity index (χ0) is 19.2. The summed E-state index contributed by atoms with van der Waals surface area (Å²) >= 11 is 0. The van der Waals surface area contributed by atoms with Crippen molar-refractivity contribution in [1.29, 1.82) is 5.26 Å². The molecule has 27 heavy (non-hydrogen) atoms. The maximum atomic E-state index is 12.9. The molecule has 1 saturated heterocycles. The van der Waals surface area contributed by atoms with Crippen LogP contribution in [0.3, 0.4) is 0 Å². The van der Waals surface area contributed by atoms with Crippen molar-refractivity contribution in [3.63, 3.8) is 0 Å². The Kier molecular flexibility index (Phi) is 5.82. The number of anilines is 1. The Balaban J connectivity index is 1.79. The molecule has 0 bridgehead atoms. The number of carbonyl (C=O) groups is 2. The fourth-order valence-electron chi connectivity index (χ4n) is 3.41. The molecule has 0 radical (unpaired) electrons. The molecule has 1 aliphatic rings. The summed E-state index contributed by atoms with van der Waals surface area (Å²) in [5.74, 6) is -0.506. The number of hydrogen-bond donors (Lipinski definition) is 1. The predicted octanol–water partition coefficient (Wildman–Crippen LogP) is 3.61. The molecule has 0 aliphatic carbocycles. The van der Waals surface area contributed by atoms with E-state index in [1.165, 1.54) is 12.3 Å². The highest BCUT2D eigenvalue weighted by molar-refractivity contribution is 6.06. The quantitative estimate of drug-likeness (QED) is 0.900. The molecule has 6 nitrogen and oxygen atoms in total. The first-order valence-electron chi connectivity index (χ1n) is 9.21. The van der Waals surface area contributed by atoms with Gasteiger partial charge in [0.05, 0.1) is 11.3 Å². The summed E-state index contributed by atoms with van der Waals surface area (Å²) in [7, 11) is 0. The molecule has 1 aliphatic heterocycles. The second-order valence-corrected chi connectivity index (χ2v) is 6.60. The van der Waals surface area contributed by atoms with E-state index >= 15 is 0 Å². The molecule has 0 spiro atoms. The molecule has 2 heterocycles. The number of para-hydroxylation sites is 1. The molecule has 1 unspecified atom stereocenters. The summed E-state index contributed by atoms with van der Waals surface area (Å²) in [5.41, 5.74) is 1.44. The molecule has 138 valence electrons. The van der Waals surface area contributed by atoms with Gasteiger partial charge in [-0.1, -0.05) is 19.1 Å². The minimum absolute atomic E-state index is 0.131. The number of nitrogens with zero attached hydrogens (tertiary/aromatic N) is 3. The van der Waals surface area contributed by atoms with E-state index in [2.05, 4.69) is 17.2 Å². The Hall–Kier alpha value is -3.20. The van der Waals surface area contributed by atoms with Crippen LogP contribution in [-0.2, 0) is 0 Å². The van der Waals surface area contributed by atoms with Gasteiger partial charge in [-0.2, -0.15) is 5.26 Å². The monoisotopic (exact) mass is 362 g/mol. The number of piperidine rings is 1. The van der Waals surface area contributed by atoms with Crippen molar-refractivity contribution in [2.45, 2.75) is 38.6 Å². The first kappa shape index (κ1) is 18.6. The summed E-state index contributed by atoms with van der Waals surface area (Å²) in [4.78, 5) is 31.5. The van der Waals surface area contributed by atoms with Crippen LogP contribution in [0.1, 0.15) is 59.0 Å². The van der Waals surface area contributed by atoms with Crippen molar-refractivity contribution in [3.05, 3.63) is 59.4 Å². The highest BCUT2D eigenvalue weighted by Crippen LogP contribution is 2.22. The van der Waals surface area contributed by atoms with Crippen LogP contribution < -0.4 is 5.32 Å². The third-order valence-corrected chi connectivity index (χ3v) is 4.90. The smallest absolute Gasteiger partial charge is 0.272 e. The van der Waals surface area contributed by atoms with Crippen LogP contribution in [0.4, 0.5) is 5.69 Å². The van der Waals surface area contributed by atoms with Crippen LogP contribution in [0.2, 0.25) is 0 Å². The van der Waals surface area contributed by atoms with Crippen LogP contribution in [0.15, 0.2) is 42.6 Å². The second-order valence-electron chi connectivity index (χ2n) is 6.60. The maximum absolute atomic E-state index is 12.9. The van der Waals surface area contributed by atoms with Gasteiger partial charge in [0.2, 0.25) is 0 Å². The van der Waals surface area contributed by atoms with Gasteiger partial charge in [0, 0.05) is 24.3 Å². The lowest BCUT2D eigenvalue weighted by Crippen LogP contribution is -2.43. The van der Waals surface area contributed by atoms with Gasteiger partial charge in [0.15, 0.2) is 0 Å². The van der Waals surface area contributed by atoms with E-state index in [-0.39, 0.29) is 23.6 Å². The lowest BCUT2D eigenvalue weighted by Gasteiger charge is -2.35. The fraction of sp³-hybridized carbons (Fsp3) is 0.333. The number of carbonyl (C=O) groups excluding carboxylic acids is 2. The third kappa shape index (κ3) is 4.14. The number of rotatable bonds is 4. The van der Waals surface area contributed by atoms with Gasteiger partial charge in [-0.3, -0.25) is 14.6 Å². The molecule has 1 aromatic heterocycles. The van der Waals surface area contributed by atoms with Gasteiger partial charge in [-0.15, -0.1) is 0 Å². The molecular formula is C21H22N4O2. The average molecular weight is 362 g/mol. The lowest BCUT2D eigenvalue weighted by atomic mass is 9.99. The van der Waals surface area contributed by atoms with Crippen molar-refractivity contribution in [1.82, 2.24) is 9.88 Å². The van der Waals surface area contributed by atoms with Crippen LogP contribution >= 0.6 is 0 Å². The normalized spacial score (nSPS) is 16.4. The maximum Gasteiger partial charge on any atom is 0.272 e. The first-order chi connectivity index (χ1) is 13.1. The molecule has 1 atom stereocenters. The van der Waals surface area contributed by atoms with Gasteiger partial charge in [-0.05, 0) is 49.9 Å². The van der Waals surface area contributed by atoms with Crippen molar-refractivity contribution in [2.75, 3.05) is 11.9 Å². The van der Waals surface area contributed by atoms with E-state index in [1.807, 2.05) is 11.0 Å². The summed E-state index contributed by atoms with van der Waals surface area (Å²) in [6.07, 6.45) is 5.53. The zero-order valence-electron chi connectivity index (χ0n) is 15.3. The lowest BCUT2D eigenvalue weighted by molar-refractivity contribution is 0.0602. The van der Waals surface area contributed by atoms with E-state index < -0.39 is 0 Å². The molecule has 0 saturated carbocycles. The van der Waals surface area contributed by atoms with Crippen LogP contribution in [0.25, 0.3) is 0 Å². The van der Waals surface area contributed by atoms with Gasteiger partial charge in [0.1, 0.15) is 11.8 Å². The SMILES string of the molecule is CCC1CCCCN1C(=O)c1cc(C(=O)Nc2ccccc2C#N)ccn1. The van der Waals surface area contributed by atoms with Gasteiger partial charge < -0.3 is 10.2 Å². The molecular weight excluding hydrogens is 340 g/mol. The average Bonchev–Trinajstić information content (AvgIpc) is 2.73. The van der Waals surface area contributed by atoms with E-state index in [4.69, 9.17) is 5.26 Å². The summed E-state index contributed by atoms with van der Waals surface area (Å²) in [6, 6.07) is 12.2. The Bertz CT molecular complexity index is 888. The van der Waals surface area contributed by atoms with Crippen molar-refractivity contribution in [2.24, 2.45) is 0 Å². The number of likely N-dealkylation sites (tertiary alicyclic amines) is 1. The molecule has 2 aromatic rings. The predicted molar refractivity (Wildman–Crippen MR) is 102 cm³/mol. The number of pyridine rings is 1. The molecule has 1 N–H and O–H groups in total. The van der Waals surface area contributed by atoms with E-state index in [1.54, 1.807) is 30.3 Å². The van der Waals surface area contributed by atoms with Crippen LogP contribution in [0.5, 0.6) is 0 Å². The Morgan fingerprint density at radius 1 is 1.30 bits per heavy atom. The number of aromatic nitrogens is 1. The van der Waals surface area contributed by atoms with Crippen molar-refractivity contribution >= 4 is 17.5 Å². The highest BCUT2D eigenvalue weighted by Gasteiger charge is 2.27. The minimum Gasteiger partial charge on any atom is -0.334 e. The topological polar surface area (TPSA) is 86.1 Å². The number of nitriles is 1. The van der Waals surface area contributed by atoms with Crippen molar-refractivity contribution < 1.29 is 9.59 Å². The Morgan fingerprint density at radius 3 is 2.89 bits per heavy atom. The summed E-state index contributed by atoms with van der Waals surface area (Å²) in [6.45, 7) is 2.81.